The molecule has 1 aliphatic heterocycles. The molecule has 1 fully saturated rings. The van der Waals surface area contributed by atoms with Gasteiger partial charge in [0.05, 0.1) is 0 Å². The number of carbonyl (C=O) groups excluding carboxylic acids is 1. The van der Waals surface area contributed by atoms with Gasteiger partial charge in [-0.2, -0.15) is 0 Å². The Bertz CT molecular complexity index is 797. The van der Waals surface area contributed by atoms with Crippen LogP contribution in [0.25, 0.3) is 0 Å². The van der Waals surface area contributed by atoms with Crippen LogP contribution < -0.4 is 9.64 Å². The van der Waals surface area contributed by atoms with Gasteiger partial charge in [0.1, 0.15) is 12.1 Å². The Morgan fingerprint density at radius 3 is 2.70 bits per heavy atom. The fourth-order valence-electron chi connectivity index (χ4n) is 2.90. The molecule has 2 aromatic rings. The number of rotatable bonds is 6. The van der Waals surface area contributed by atoms with Crippen molar-refractivity contribution in [3.8, 4) is 11.6 Å². The number of halogens is 2. The van der Waals surface area contributed by atoms with E-state index in [-0.39, 0.29) is 17.5 Å². The number of ether oxygens (including phenoxy) is 1. The SMILES string of the molecule is CCCCC(=O)N1CCN(c2cc(Oc3ccc(Cl)cc3F)ncn2)CC1. The van der Waals surface area contributed by atoms with E-state index in [1.165, 1.54) is 18.5 Å². The first-order chi connectivity index (χ1) is 13.1. The monoisotopic (exact) mass is 392 g/mol. The van der Waals surface area contributed by atoms with Crippen molar-refractivity contribution in [1.82, 2.24) is 14.9 Å². The van der Waals surface area contributed by atoms with E-state index in [1.807, 2.05) is 4.90 Å². The zero-order valence-corrected chi connectivity index (χ0v) is 16.0. The van der Waals surface area contributed by atoms with Gasteiger partial charge in [-0.1, -0.05) is 24.9 Å². The highest BCUT2D eigenvalue weighted by atomic mass is 35.5. The van der Waals surface area contributed by atoms with Crippen molar-refractivity contribution in [1.29, 1.82) is 0 Å². The number of benzene rings is 1. The molecule has 0 unspecified atom stereocenters. The molecule has 0 radical (unpaired) electrons. The fourth-order valence-corrected chi connectivity index (χ4v) is 3.06. The molecule has 1 amide bonds. The van der Waals surface area contributed by atoms with E-state index in [0.29, 0.717) is 43.4 Å². The van der Waals surface area contributed by atoms with E-state index >= 15 is 0 Å². The van der Waals surface area contributed by atoms with E-state index in [4.69, 9.17) is 16.3 Å². The highest BCUT2D eigenvalue weighted by Crippen LogP contribution is 2.27. The molecule has 27 heavy (non-hydrogen) atoms. The predicted octanol–water partition coefficient (Wildman–Crippen LogP) is 3.90. The Balaban J connectivity index is 1.62. The number of hydrogen-bond donors (Lipinski definition) is 0. The van der Waals surface area contributed by atoms with Gasteiger partial charge in [0, 0.05) is 43.7 Å². The summed E-state index contributed by atoms with van der Waals surface area (Å²) < 4.78 is 19.4. The predicted molar refractivity (Wildman–Crippen MR) is 102 cm³/mol. The van der Waals surface area contributed by atoms with Crippen LogP contribution >= 0.6 is 11.6 Å². The number of aromatic nitrogens is 2. The maximum absolute atomic E-state index is 13.9. The van der Waals surface area contributed by atoms with Crippen molar-refractivity contribution in [2.75, 3.05) is 31.1 Å². The molecular weight excluding hydrogens is 371 g/mol. The van der Waals surface area contributed by atoms with Gasteiger partial charge < -0.3 is 14.5 Å². The molecule has 0 bridgehead atoms. The Labute approximate surface area is 162 Å². The summed E-state index contributed by atoms with van der Waals surface area (Å²) in [5.41, 5.74) is 0. The lowest BCUT2D eigenvalue weighted by Crippen LogP contribution is -2.49. The molecule has 1 aromatic carbocycles. The molecule has 0 atom stereocenters. The first kappa shape index (κ1) is 19.4. The summed E-state index contributed by atoms with van der Waals surface area (Å²) >= 11 is 5.75. The number of carbonyl (C=O) groups is 1. The van der Waals surface area contributed by atoms with Crippen LogP contribution in [-0.2, 0) is 4.79 Å². The van der Waals surface area contributed by atoms with Gasteiger partial charge in [-0.3, -0.25) is 4.79 Å². The summed E-state index contributed by atoms with van der Waals surface area (Å²) in [6.45, 7) is 4.77. The molecule has 1 saturated heterocycles. The molecule has 2 heterocycles. The third kappa shape index (κ3) is 5.07. The molecule has 8 heteroatoms. The summed E-state index contributed by atoms with van der Waals surface area (Å²) in [6, 6.07) is 5.87. The minimum Gasteiger partial charge on any atom is -0.436 e. The standard InChI is InChI=1S/C19H22ClFN4O2/c1-2-3-4-19(26)25-9-7-24(8-10-25)17-12-18(23-13-22-17)27-16-6-5-14(20)11-15(16)21/h5-6,11-13H,2-4,7-10H2,1H3. The number of nitrogens with zero attached hydrogens (tertiary/aromatic N) is 4. The molecule has 1 aliphatic rings. The molecular formula is C19H22ClFN4O2. The molecule has 6 nitrogen and oxygen atoms in total. The lowest BCUT2D eigenvalue weighted by Gasteiger charge is -2.35. The zero-order valence-electron chi connectivity index (χ0n) is 15.2. The first-order valence-corrected chi connectivity index (χ1v) is 9.42. The van der Waals surface area contributed by atoms with Crippen LogP contribution in [0.5, 0.6) is 11.6 Å². The Morgan fingerprint density at radius 1 is 1.22 bits per heavy atom. The minimum atomic E-state index is -0.554. The van der Waals surface area contributed by atoms with Crippen molar-refractivity contribution in [2.24, 2.45) is 0 Å². The van der Waals surface area contributed by atoms with Crippen molar-refractivity contribution < 1.29 is 13.9 Å². The smallest absolute Gasteiger partial charge is 0.224 e. The second-order valence-electron chi connectivity index (χ2n) is 6.36. The van der Waals surface area contributed by atoms with Crippen LogP contribution in [0.2, 0.25) is 5.02 Å². The summed E-state index contributed by atoms with van der Waals surface area (Å²) in [5, 5.41) is 0.301. The number of unbranched alkanes of at least 4 members (excludes halogenated alkanes) is 1. The summed E-state index contributed by atoms with van der Waals surface area (Å²) in [6.07, 6.45) is 3.93. The van der Waals surface area contributed by atoms with E-state index in [2.05, 4.69) is 21.8 Å². The van der Waals surface area contributed by atoms with Gasteiger partial charge in [0.2, 0.25) is 11.8 Å². The molecule has 1 aromatic heterocycles. The highest BCUT2D eigenvalue weighted by Gasteiger charge is 2.22. The Hall–Kier alpha value is -2.41. The summed E-state index contributed by atoms with van der Waals surface area (Å²) in [5.74, 6) is 0.649. The third-order valence-corrected chi connectivity index (χ3v) is 4.67. The number of piperazine rings is 1. The van der Waals surface area contributed by atoms with Gasteiger partial charge in [0.25, 0.3) is 0 Å². The molecule has 144 valence electrons. The molecule has 0 N–H and O–H groups in total. The molecule has 3 rings (SSSR count). The average Bonchev–Trinajstić information content (AvgIpc) is 2.68. The summed E-state index contributed by atoms with van der Waals surface area (Å²) in [7, 11) is 0. The van der Waals surface area contributed by atoms with Gasteiger partial charge in [0.15, 0.2) is 11.6 Å². The van der Waals surface area contributed by atoms with Gasteiger partial charge in [-0.15, -0.1) is 0 Å². The molecule has 0 aliphatic carbocycles. The van der Waals surface area contributed by atoms with E-state index < -0.39 is 5.82 Å². The van der Waals surface area contributed by atoms with Crippen molar-refractivity contribution in [3.63, 3.8) is 0 Å². The van der Waals surface area contributed by atoms with Crippen LogP contribution in [0.3, 0.4) is 0 Å². The molecule has 0 saturated carbocycles. The first-order valence-electron chi connectivity index (χ1n) is 9.04. The van der Waals surface area contributed by atoms with Crippen LogP contribution in [-0.4, -0.2) is 47.0 Å². The van der Waals surface area contributed by atoms with Crippen molar-refractivity contribution in [3.05, 3.63) is 41.4 Å². The Kier molecular flexibility index (Phi) is 6.45. The normalized spacial score (nSPS) is 14.3. The summed E-state index contributed by atoms with van der Waals surface area (Å²) in [4.78, 5) is 24.4. The molecule has 0 spiro atoms. The second kappa shape index (κ2) is 8.99. The van der Waals surface area contributed by atoms with E-state index in [1.54, 1.807) is 12.1 Å². The topological polar surface area (TPSA) is 58.6 Å². The largest absolute Gasteiger partial charge is 0.436 e. The Morgan fingerprint density at radius 2 is 2.00 bits per heavy atom. The quantitative estimate of drug-likeness (QED) is 0.746. The van der Waals surface area contributed by atoms with Gasteiger partial charge in [-0.05, 0) is 24.6 Å². The van der Waals surface area contributed by atoms with E-state index in [0.717, 1.165) is 12.8 Å². The highest BCUT2D eigenvalue weighted by molar-refractivity contribution is 6.30. The van der Waals surface area contributed by atoms with Gasteiger partial charge in [-0.25, -0.2) is 14.4 Å². The van der Waals surface area contributed by atoms with Crippen molar-refractivity contribution in [2.45, 2.75) is 26.2 Å². The average molecular weight is 393 g/mol. The van der Waals surface area contributed by atoms with Crippen LogP contribution in [0, 0.1) is 5.82 Å². The fraction of sp³-hybridized carbons (Fsp3) is 0.421. The maximum Gasteiger partial charge on any atom is 0.224 e. The lowest BCUT2D eigenvalue weighted by atomic mass is 10.2. The second-order valence-corrected chi connectivity index (χ2v) is 6.80. The number of amides is 1. The number of hydrogen-bond acceptors (Lipinski definition) is 5. The van der Waals surface area contributed by atoms with Crippen LogP contribution in [0.1, 0.15) is 26.2 Å². The van der Waals surface area contributed by atoms with Gasteiger partial charge >= 0.3 is 0 Å². The van der Waals surface area contributed by atoms with Crippen LogP contribution in [0.15, 0.2) is 30.6 Å². The van der Waals surface area contributed by atoms with Crippen molar-refractivity contribution >= 4 is 23.3 Å². The van der Waals surface area contributed by atoms with E-state index in [9.17, 15) is 9.18 Å². The zero-order chi connectivity index (χ0) is 19.2. The maximum atomic E-state index is 13.9. The lowest BCUT2D eigenvalue weighted by molar-refractivity contribution is -0.131. The third-order valence-electron chi connectivity index (χ3n) is 4.44. The number of anilines is 1. The van der Waals surface area contributed by atoms with Crippen LogP contribution in [0.4, 0.5) is 10.2 Å². The minimum absolute atomic E-state index is 0.0513.